The molecule has 0 saturated heterocycles. The van der Waals surface area contributed by atoms with Gasteiger partial charge >= 0.3 is 12.1 Å². The number of hydrogen-bond donors (Lipinski definition) is 0. The summed E-state index contributed by atoms with van der Waals surface area (Å²) in [6.07, 6.45) is -3.25. The minimum absolute atomic E-state index is 0.0805. The van der Waals surface area contributed by atoms with Gasteiger partial charge in [0.1, 0.15) is 6.54 Å². The fraction of sp³-hybridized carbons (Fsp3) is 0.348. The smallest absolute Gasteiger partial charge is 0.406 e. The number of hydrogen-bond acceptors (Lipinski definition) is 4. The highest BCUT2D eigenvalue weighted by atomic mass is 35.5. The van der Waals surface area contributed by atoms with Crippen LogP contribution in [0, 0.1) is 5.92 Å². The fourth-order valence-electron chi connectivity index (χ4n) is 4.26. The summed E-state index contributed by atoms with van der Waals surface area (Å²) in [5, 5.41) is 5.39. The molecule has 4 rings (SSSR count). The predicted molar refractivity (Wildman–Crippen MR) is 116 cm³/mol. The number of rotatable bonds is 5. The van der Waals surface area contributed by atoms with Crippen molar-refractivity contribution in [3.8, 4) is 0 Å². The first-order valence-electron chi connectivity index (χ1n) is 10.3. The maximum atomic E-state index is 13.3. The number of carbonyl (C=O) groups is 2. The lowest BCUT2D eigenvalue weighted by Gasteiger charge is -2.25. The number of fused-ring (bicyclic) bond motifs is 3. The Morgan fingerprint density at radius 1 is 1.27 bits per heavy atom. The summed E-state index contributed by atoms with van der Waals surface area (Å²) in [6.45, 7) is -1.24. The molecule has 174 valence electrons. The number of methoxy groups -OCH3 is 1. The van der Waals surface area contributed by atoms with Crippen LogP contribution in [0.15, 0.2) is 42.6 Å². The topological polar surface area (TPSA) is 64.4 Å². The van der Waals surface area contributed by atoms with Gasteiger partial charge in [0.2, 0.25) is 5.91 Å². The standard InChI is InChI=1S/C23H21ClF3N3O3/c1-33-20(31)9-16-7-15-8-19(24)21-17(10-28-30(21)11-14-5-3-2-4-6-14)18(15)12-29(22(16)32)13-23(25,26)27/h2-6,8,10,16H,7,9,11-13H2,1H3/t16-/m0/s1. The molecule has 1 atom stereocenters. The Kier molecular flexibility index (Phi) is 6.34. The molecule has 0 bridgehead atoms. The van der Waals surface area contributed by atoms with Crippen molar-refractivity contribution in [2.75, 3.05) is 13.7 Å². The van der Waals surface area contributed by atoms with E-state index in [2.05, 4.69) is 9.84 Å². The molecule has 1 amide bonds. The number of nitrogens with zero attached hydrogens (tertiary/aromatic N) is 3. The van der Waals surface area contributed by atoms with Gasteiger partial charge in [0.05, 0.1) is 42.7 Å². The Morgan fingerprint density at radius 2 is 2.00 bits per heavy atom. The molecule has 3 aromatic rings. The highest BCUT2D eigenvalue weighted by Gasteiger charge is 2.39. The van der Waals surface area contributed by atoms with Crippen molar-refractivity contribution >= 4 is 34.4 Å². The zero-order chi connectivity index (χ0) is 23.8. The second kappa shape index (κ2) is 9.05. The van der Waals surface area contributed by atoms with Crippen molar-refractivity contribution in [1.29, 1.82) is 0 Å². The summed E-state index contributed by atoms with van der Waals surface area (Å²) >= 11 is 6.59. The highest BCUT2D eigenvalue weighted by molar-refractivity contribution is 6.35. The van der Waals surface area contributed by atoms with E-state index in [0.29, 0.717) is 33.6 Å². The van der Waals surface area contributed by atoms with E-state index < -0.39 is 30.5 Å². The Morgan fingerprint density at radius 3 is 2.67 bits per heavy atom. The van der Waals surface area contributed by atoms with Gasteiger partial charge in [-0.1, -0.05) is 41.9 Å². The van der Waals surface area contributed by atoms with Crippen molar-refractivity contribution in [2.24, 2.45) is 5.92 Å². The summed E-state index contributed by atoms with van der Waals surface area (Å²) in [5.74, 6) is -2.38. The van der Waals surface area contributed by atoms with Crippen LogP contribution >= 0.6 is 11.6 Å². The van der Waals surface area contributed by atoms with Gasteiger partial charge in [0, 0.05) is 11.9 Å². The number of benzene rings is 2. The van der Waals surface area contributed by atoms with Gasteiger partial charge in [-0.3, -0.25) is 14.3 Å². The second-order valence-electron chi connectivity index (χ2n) is 8.04. The van der Waals surface area contributed by atoms with Crippen molar-refractivity contribution in [3.63, 3.8) is 0 Å². The van der Waals surface area contributed by atoms with Crippen LogP contribution in [0.25, 0.3) is 10.9 Å². The number of halogens is 4. The summed E-state index contributed by atoms with van der Waals surface area (Å²) < 4.78 is 46.2. The summed E-state index contributed by atoms with van der Waals surface area (Å²) in [6, 6.07) is 11.2. The molecule has 0 N–H and O–H groups in total. The van der Waals surface area contributed by atoms with Crippen LogP contribution in [-0.2, 0) is 33.8 Å². The molecule has 10 heteroatoms. The van der Waals surface area contributed by atoms with Crippen LogP contribution in [0.3, 0.4) is 0 Å². The van der Waals surface area contributed by atoms with E-state index in [1.807, 2.05) is 30.3 Å². The van der Waals surface area contributed by atoms with Crippen molar-refractivity contribution in [3.05, 3.63) is 64.3 Å². The maximum absolute atomic E-state index is 13.3. The number of carbonyl (C=O) groups excluding carboxylic acids is 2. The average Bonchev–Trinajstić information content (AvgIpc) is 3.13. The van der Waals surface area contributed by atoms with Crippen LogP contribution in [0.4, 0.5) is 13.2 Å². The normalized spacial score (nSPS) is 16.6. The summed E-state index contributed by atoms with van der Waals surface area (Å²) in [5.41, 5.74) is 2.75. The third kappa shape index (κ3) is 4.98. The van der Waals surface area contributed by atoms with Gasteiger partial charge in [-0.25, -0.2) is 0 Å². The summed E-state index contributed by atoms with van der Waals surface area (Å²) in [4.78, 5) is 25.6. The molecule has 2 aromatic carbocycles. The molecule has 6 nitrogen and oxygen atoms in total. The molecule has 1 aromatic heterocycles. The lowest BCUT2D eigenvalue weighted by atomic mass is 9.93. The highest BCUT2D eigenvalue weighted by Crippen LogP contribution is 2.36. The maximum Gasteiger partial charge on any atom is 0.406 e. The Balaban J connectivity index is 1.79. The predicted octanol–water partition coefficient (Wildman–Crippen LogP) is 4.36. The van der Waals surface area contributed by atoms with E-state index in [0.717, 1.165) is 10.5 Å². The van der Waals surface area contributed by atoms with E-state index in [4.69, 9.17) is 11.6 Å². The minimum atomic E-state index is -4.58. The Bertz CT molecular complexity index is 1190. The molecule has 0 saturated carbocycles. The minimum Gasteiger partial charge on any atom is -0.469 e. The molecular formula is C23H21ClF3N3O3. The Hall–Kier alpha value is -3.07. The van der Waals surface area contributed by atoms with Crippen molar-refractivity contribution in [2.45, 2.75) is 32.1 Å². The first kappa shape index (κ1) is 23.1. The number of aromatic nitrogens is 2. The summed E-state index contributed by atoms with van der Waals surface area (Å²) in [7, 11) is 1.17. The van der Waals surface area contributed by atoms with Crippen LogP contribution in [0.1, 0.15) is 23.1 Å². The van der Waals surface area contributed by atoms with Crippen LogP contribution in [0.5, 0.6) is 0 Å². The molecule has 1 aliphatic rings. The van der Waals surface area contributed by atoms with E-state index >= 15 is 0 Å². The molecule has 1 aliphatic heterocycles. The van der Waals surface area contributed by atoms with Crippen molar-refractivity contribution in [1.82, 2.24) is 14.7 Å². The number of amides is 1. The van der Waals surface area contributed by atoms with E-state index in [9.17, 15) is 22.8 Å². The number of esters is 1. The van der Waals surface area contributed by atoms with Crippen LogP contribution < -0.4 is 0 Å². The van der Waals surface area contributed by atoms with Gasteiger partial charge < -0.3 is 9.64 Å². The molecule has 0 spiro atoms. The molecule has 0 radical (unpaired) electrons. The third-order valence-electron chi connectivity index (χ3n) is 5.74. The quantitative estimate of drug-likeness (QED) is 0.510. The lowest BCUT2D eigenvalue weighted by Crippen LogP contribution is -2.41. The van der Waals surface area contributed by atoms with Crippen LogP contribution in [0.2, 0.25) is 5.02 Å². The van der Waals surface area contributed by atoms with Gasteiger partial charge in [-0.2, -0.15) is 18.3 Å². The van der Waals surface area contributed by atoms with Crippen LogP contribution in [-0.4, -0.2) is 46.4 Å². The molecule has 0 aliphatic carbocycles. The average molecular weight is 480 g/mol. The largest absolute Gasteiger partial charge is 0.469 e. The van der Waals surface area contributed by atoms with E-state index in [1.54, 1.807) is 16.9 Å². The molecular weight excluding hydrogens is 459 g/mol. The van der Waals surface area contributed by atoms with Gasteiger partial charge in [-0.05, 0) is 29.2 Å². The van der Waals surface area contributed by atoms with Gasteiger partial charge in [0.15, 0.2) is 0 Å². The molecule has 0 unspecified atom stereocenters. The molecule has 33 heavy (non-hydrogen) atoms. The second-order valence-corrected chi connectivity index (χ2v) is 8.44. The first-order valence-corrected chi connectivity index (χ1v) is 10.7. The molecule has 2 heterocycles. The van der Waals surface area contributed by atoms with E-state index in [-0.39, 0.29) is 19.4 Å². The third-order valence-corrected chi connectivity index (χ3v) is 6.03. The SMILES string of the molecule is COC(=O)C[C@@H]1Cc2cc(Cl)c3c(cnn3Cc3ccccc3)c2CN(CC(F)(F)F)C1=O. The first-order chi connectivity index (χ1) is 15.7. The van der Waals surface area contributed by atoms with Gasteiger partial charge in [0.25, 0.3) is 0 Å². The Labute approximate surface area is 192 Å². The number of ether oxygens (including phenoxy) is 1. The van der Waals surface area contributed by atoms with Gasteiger partial charge in [-0.15, -0.1) is 0 Å². The van der Waals surface area contributed by atoms with Crippen molar-refractivity contribution < 1.29 is 27.5 Å². The number of alkyl halides is 3. The van der Waals surface area contributed by atoms with E-state index in [1.165, 1.54) is 7.11 Å². The zero-order valence-corrected chi connectivity index (χ0v) is 18.5. The zero-order valence-electron chi connectivity index (χ0n) is 17.7. The lowest BCUT2D eigenvalue weighted by molar-refractivity contribution is -0.165. The fourth-order valence-corrected chi connectivity index (χ4v) is 4.59. The monoisotopic (exact) mass is 479 g/mol. The molecule has 0 fully saturated rings.